The molecule has 4 aromatic rings. The zero-order valence-electron chi connectivity index (χ0n) is 17.3. The fourth-order valence-corrected chi connectivity index (χ4v) is 3.42. The van der Waals surface area contributed by atoms with E-state index in [1.54, 1.807) is 13.0 Å². The van der Waals surface area contributed by atoms with Crippen molar-refractivity contribution >= 4 is 28.7 Å². The molecule has 0 radical (unpaired) electrons. The Hall–Kier alpha value is -3.64. The largest absolute Gasteiger partial charge is 0.381 e. The predicted octanol–water partition coefficient (Wildman–Crippen LogP) is 6.46. The third-order valence-electron chi connectivity index (χ3n) is 4.83. The molecule has 4 rings (SSSR count). The number of halogens is 1. The van der Waals surface area contributed by atoms with Gasteiger partial charge in [-0.2, -0.15) is 5.11 Å². The van der Waals surface area contributed by atoms with E-state index in [-0.39, 0.29) is 11.2 Å². The summed E-state index contributed by atoms with van der Waals surface area (Å²) in [5.74, 6) is 0. The zero-order chi connectivity index (χ0) is 21.8. The quantitative estimate of drug-likeness (QED) is 0.343. The van der Waals surface area contributed by atoms with Crippen LogP contribution in [-0.2, 0) is 6.54 Å². The minimum Gasteiger partial charge on any atom is -0.381 e. The van der Waals surface area contributed by atoms with Crippen molar-refractivity contribution in [3.8, 4) is 5.69 Å². The molecule has 0 atom stereocenters. The van der Waals surface area contributed by atoms with Crippen LogP contribution in [0.3, 0.4) is 0 Å². The van der Waals surface area contributed by atoms with Crippen LogP contribution in [-0.4, -0.2) is 9.78 Å². The van der Waals surface area contributed by atoms with Crippen molar-refractivity contribution in [2.75, 3.05) is 5.32 Å². The van der Waals surface area contributed by atoms with Gasteiger partial charge in [0, 0.05) is 12.2 Å². The first kappa shape index (κ1) is 20.6. The Balaban J connectivity index is 1.56. The van der Waals surface area contributed by atoms with Gasteiger partial charge in [-0.25, -0.2) is 4.68 Å². The molecule has 0 amide bonds. The second-order valence-electron chi connectivity index (χ2n) is 7.27. The van der Waals surface area contributed by atoms with Crippen molar-refractivity contribution in [3.05, 3.63) is 105 Å². The molecule has 156 valence electrons. The molecule has 1 heterocycles. The molecular weight excluding hydrogens is 410 g/mol. The van der Waals surface area contributed by atoms with Gasteiger partial charge in [0.2, 0.25) is 0 Å². The van der Waals surface area contributed by atoms with Gasteiger partial charge in [-0.3, -0.25) is 9.89 Å². The smallest absolute Gasteiger partial charge is 0.299 e. The lowest BCUT2D eigenvalue weighted by Gasteiger charge is -2.06. The summed E-state index contributed by atoms with van der Waals surface area (Å²) in [5, 5.41) is 15.4. The van der Waals surface area contributed by atoms with Gasteiger partial charge in [0.25, 0.3) is 5.56 Å². The van der Waals surface area contributed by atoms with Crippen LogP contribution in [0.4, 0.5) is 17.1 Å². The molecule has 1 aromatic heterocycles. The van der Waals surface area contributed by atoms with Crippen molar-refractivity contribution < 1.29 is 0 Å². The molecule has 0 fully saturated rings. The van der Waals surface area contributed by atoms with Crippen molar-refractivity contribution in [3.63, 3.8) is 0 Å². The van der Waals surface area contributed by atoms with Crippen molar-refractivity contribution in [2.24, 2.45) is 10.2 Å². The molecule has 0 saturated carbocycles. The van der Waals surface area contributed by atoms with E-state index in [0.29, 0.717) is 28.6 Å². The minimum atomic E-state index is -0.296. The number of anilines is 1. The maximum absolute atomic E-state index is 12.9. The van der Waals surface area contributed by atoms with E-state index in [9.17, 15) is 4.79 Å². The van der Waals surface area contributed by atoms with Gasteiger partial charge >= 0.3 is 0 Å². The second kappa shape index (κ2) is 9.02. The number of aryl methyl sites for hydroxylation is 2. The molecular formula is C24H22ClN5O. The van der Waals surface area contributed by atoms with E-state index in [4.69, 9.17) is 11.6 Å². The first-order chi connectivity index (χ1) is 15.0. The van der Waals surface area contributed by atoms with Gasteiger partial charge in [-0.05, 0) is 61.4 Å². The summed E-state index contributed by atoms with van der Waals surface area (Å²) < 4.78 is 1.40. The van der Waals surface area contributed by atoms with Gasteiger partial charge in [-0.1, -0.05) is 48.0 Å². The van der Waals surface area contributed by atoms with Crippen LogP contribution >= 0.6 is 11.6 Å². The lowest BCUT2D eigenvalue weighted by molar-refractivity contribution is 0.834. The van der Waals surface area contributed by atoms with E-state index in [1.807, 2.05) is 73.7 Å². The topological polar surface area (TPSA) is 74.5 Å². The van der Waals surface area contributed by atoms with E-state index < -0.39 is 0 Å². The molecule has 0 saturated heterocycles. The van der Waals surface area contributed by atoms with Crippen LogP contribution in [0.15, 0.2) is 87.8 Å². The Morgan fingerprint density at radius 1 is 0.968 bits per heavy atom. The predicted molar refractivity (Wildman–Crippen MR) is 125 cm³/mol. The normalized spacial score (nSPS) is 11.2. The second-order valence-corrected chi connectivity index (χ2v) is 7.68. The highest BCUT2D eigenvalue weighted by molar-refractivity contribution is 6.32. The number of nitrogens with one attached hydrogen (secondary N) is 2. The number of nitrogens with zero attached hydrogens (tertiary/aromatic N) is 3. The number of rotatable bonds is 6. The van der Waals surface area contributed by atoms with E-state index in [1.165, 1.54) is 4.68 Å². The van der Waals surface area contributed by atoms with Crippen LogP contribution in [0.1, 0.15) is 16.8 Å². The minimum absolute atomic E-state index is 0.255. The summed E-state index contributed by atoms with van der Waals surface area (Å²) in [6, 6.07) is 23.2. The maximum atomic E-state index is 12.9. The summed E-state index contributed by atoms with van der Waals surface area (Å²) in [4.78, 5) is 12.9. The molecule has 2 N–H and O–H groups in total. The number of benzene rings is 3. The van der Waals surface area contributed by atoms with Crippen LogP contribution < -0.4 is 10.9 Å². The maximum Gasteiger partial charge on any atom is 0.299 e. The van der Waals surface area contributed by atoms with E-state index in [2.05, 4.69) is 20.6 Å². The first-order valence-electron chi connectivity index (χ1n) is 9.89. The van der Waals surface area contributed by atoms with Crippen LogP contribution in [0.2, 0.25) is 5.02 Å². The standard InChI is InChI=1S/C24H22ClN5O/c1-16-11-12-21(25)22(13-16)30-24(31)23(17(2)29-30)28-27-20-10-6-7-18(14-20)15-26-19-8-4-3-5-9-19/h3-14,26,29H,15H2,1-2H3. The average molecular weight is 432 g/mol. The van der Waals surface area contributed by atoms with Crippen LogP contribution in [0.25, 0.3) is 5.69 Å². The van der Waals surface area contributed by atoms with Gasteiger partial charge in [0.1, 0.15) is 0 Å². The molecule has 7 heteroatoms. The van der Waals surface area contributed by atoms with Crippen molar-refractivity contribution in [2.45, 2.75) is 20.4 Å². The molecule has 3 aromatic carbocycles. The number of aromatic nitrogens is 2. The number of azo groups is 1. The Morgan fingerprint density at radius 3 is 2.58 bits per heavy atom. The molecule has 0 bridgehead atoms. The number of hydrogen-bond acceptors (Lipinski definition) is 4. The first-order valence-corrected chi connectivity index (χ1v) is 10.3. The highest BCUT2D eigenvalue weighted by Gasteiger charge is 2.14. The van der Waals surface area contributed by atoms with E-state index in [0.717, 1.165) is 16.8 Å². The molecule has 31 heavy (non-hydrogen) atoms. The van der Waals surface area contributed by atoms with Gasteiger partial charge in [0.05, 0.1) is 22.1 Å². The lowest BCUT2D eigenvalue weighted by atomic mass is 10.2. The van der Waals surface area contributed by atoms with E-state index >= 15 is 0 Å². The molecule has 6 nitrogen and oxygen atoms in total. The Kier molecular flexibility index (Phi) is 6.00. The Labute approximate surface area is 185 Å². The number of H-pyrrole nitrogens is 1. The molecule has 0 aliphatic carbocycles. The monoisotopic (exact) mass is 431 g/mol. The summed E-state index contributed by atoms with van der Waals surface area (Å²) in [5.41, 5.74) is 4.96. The third kappa shape index (κ3) is 4.75. The van der Waals surface area contributed by atoms with Gasteiger partial charge < -0.3 is 5.32 Å². The van der Waals surface area contributed by atoms with Gasteiger partial charge in [0.15, 0.2) is 5.69 Å². The van der Waals surface area contributed by atoms with Crippen molar-refractivity contribution in [1.82, 2.24) is 9.78 Å². The summed E-state index contributed by atoms with van der Waals surface area (Å²) in [6.07, 6.45) is 0. The van der Waals surface area contributed by atoms with Gasteiger partial charge in [-0.15, -0.1) is 5.11 Å². The Bertz CT molecular complexity index is 1290. The molecule has 0 unspecified atom stereocenters. The number of para-hydroxylation sites is 1. The summed E-state index contributed by atoms with van der Waals surface area (Å²) >= 11 is 6.29. The molecule has 0 spiro atoms. The zero-order valence-corrected chi connectivity index (χ0v) is 18.0. The summed E-state index contributed by atoms with van der Waals surface area (Å²) in [6.45, 7) is 4.40. The fourth-order valence-electron chi connectivity index (χ4n) is 3.22. The summed E-state index contributed by atoms with van der Waals surface area (Å²) in [7, 11) is 0. The molecule has 0 aliphatic heterocycles. The molecule has 0 aliphatic rings. The number of aromatic amines is 1. The van der Waals surface area contributed by atoms with Crippen LogP contribution in [0, 0.1) is 13.8 Å². The lowest BCUT2D eigenvalue weighted by Crippen LogP contribution is -2.14. The third-order valence-corrected chi connectivity index (χ3v) is 5.15. The van der Waals surface area contributed by atoms with Crippen molar-refractivity contribution in [1.29, 1.82) is 0 Å². The Morgan fingerprint density at radius 2 is 1.77 bits per heavy atom. The van der Waals surface area contributed by atoms with Crippen LogP contribution in [0.5, 0.6) is 0 Å². The average Bonchev–Trinajstić information content (AvgIpc) is 3.06. The SMILES string of the molecule is Cc1ccc(Cl)c(-n2[nH]c(C)c(N=Nc3cccc(CNc4ccccc4)c3)c2=O)c1. The highest BCUT2D eigenvalue weighted by Crippen LogP contribution is 2.24. The number of hydrogen-bond donors (Lipinski definition) is 2. The highest BCUT2D eigenvalue weighted by atomic mass is 35.5. The fraction of sp³-hybridized carbons (Fsp3) is 0.125.